The molecule has 0 aliphatic carbocycles. The van der Waals surface area contributed by atoms with Gasteiger partial charge in [0.1, 0.15) is 11.5 Å². The highest BCUT2D eigenvalue weighted by Crippen LogP contribution is 2.32. The highest BCUT2D eigenvalue weighted by atomic mass is 32.2. The number of thioether (sulfide) groups is 1. The second-order valence-corrected chi connectivity index (χ2v) is 6.13. The van der Waals surface area contributed by atoms with Gasteiger partial charge in [0.05, 0.1) is 25.0 Å². The summed E-state index contributed by atoms with van der Waals surface area (Å²) in [5.41, 5.74) is 0.765. The monoisotopic (exact) mass is 348 g/mol. The number of methoxy groups -OCH3 is 2. The summed E-state index contributed by atoms with van der Waals surface area (Å²) in [6.07, 6.45) is 1.64. The van der Waals surface area contributed by atoms with Crippen LogP contribution in [0.2, 0.25) is 0 Å². The first-order valence-electron chi connectivity index (χ1n) is 7.29. The first-order chi connectivity index (χ1) is 11.6. The van der Waals surface area contributed by atoms with Gasteiger partial charge < -0.3 is 14.8 Å². The number of benzene rings is 1. The number of aromatic nitrogens is 3. The first kappa shape index (κ1) is 17.9. The van der Waals surface area contributed by atoms with Crippen molar-refractivity contribution in [1.29, 1.82) is 0 Å². The lowest BCUT2D eigenvalue weighted by Crippen LogP contribution is -2.30. The standard InChI is InChI=1S/C16H20N4O3S/c1-5-8-17-15(21)10(2)24-16-18-14(19-20-16)12-7-6-11(22-3)9-13(12)23-4/h5-7,9-10H,1,8H2,2-4H3,(H,17,21)(H,18,19,20). The van der Waals surface area contributed by atoms with Gasteiger partial charge in [0.15, 0.2) is 5.82 Å². The molecule has 1 amide bonds. The molecule has 0 spiro atoms. The molecule has 1 heterocycles. The molecule has 0 radical (unpaired) electrons. The number of aromatic amines is 1. The normalized spacial score (nSPS) is 11.6. The Labute approximate surface area is 144 Å². The predicted molar refractivity (Wildman–Crippen MR) is 93.4 cm³/mol. The molecule has 2 N–H and O–H groups in total. The molecule has 0 aliphatic heterocycles. The maximum atomic E-state index is 11.9. The zero-order valence-corrected chi connectivity index (χ0v) is 14.6. The van der Waals surface area contributed by atoms with Crippen molar-refractivity contribution in [3.63, 3.8) is 0 Å². The molecule has 2 aromatic rings. The molecule has 8 heteroatoms. The maximum Gasteiger partial charge on any atom is 0.233 e. The number of amides is 1. The average Bonchev–Trinajstić information content (AvgIpc) is 3.07. The van der Waals surface area contributed by atoms with Gasteiger partial charge >= 0.3 is 0 Å². The summed E-state index contributed by atoms with van der Waals surface area (Å²) in [5, 5.41) is 9.94. The van der Waals surface area contributed by atoms with Gasteiger partial charge in [-0.3, -0.25) is 9.89 Å². The van der Waals surface area contributed by atoms with Crippen molar-refractivity contribution in [3.05, 3.63) is 30.9 Å². The fourth-order valence-electron chi connectivity index (χ4n) is 1.94. The number of rotatable bonds is 8. The number of hydrogen-bond donors (Lipinski definition) is 2. The summed E-state index contributed by atoms with van der Waals surface area (Å²) < 4.78 is 10.5. The summed E-state index contributed by atoms with van der Waals surface area (Å²) in [5.74, 6) is 1.79. The van der Waals surface area contributed by atoms with Crippen molar-refractivity contribution < 1.29 is 14.3 Å². The van der Waals surface area contributed by atoms with Crippen LogP contribution in [0.4, 0.5) is 0 Å². The van der Waals surface area contributed by atoms with Crippen LogP contribution in [0.5, 0.6) is 11.5 Å². The summed E-state index contributed by atoms with van der Waals surface area (Å²) >= 11 is 1.27. The van der Waals surface area contributed by atoms with Gasteiger partial charge in [-0.2, -0.15) is 0 Å². The number of carbonyl (C=O) groups excluding carboxylic acids is 1. The average molecular weight is 348 g/mol. The van der Waals surface area contributed by atoms with E-state index in [1.54, 1.807) is 33.3 Å². The minimum Gasteiger partial charge on any atom is -0.497 e. The van der Waals surface area contributed by atoms with E-state index < -0.39 is 0 Å². The van der Waals surface area contributed by atoms with Gasteiger partial charge in [-0.1, -0.05) is 17.8 Å². The Hall–Kier alpha value is -2.48. The van der Waals surface area contributed by atoms with Gasteiger partial charge in [0, 0.05) is 12.6 Å². The number of hydrogen-bond acceptors (Lipinski definition) is 6. The molecule has 0 aliphatic rings. The molecule has 2 rings (SSSR count). The van der Waals surface area contributed by atoms with Gasteiger partial charge in [0.25, 0.3) is 0 Å². The minimum absolute atomic E-state index is 0.0896. The van der Waals surface area contributed by atoms with Crippen molar-refractivity contribution in [2.24, 2.45) is 0 Å². The second kappa shape index (κ2) is 8.39. The Morgan fingerprint density at radius 2 is 2.25 bits per heavy atom. The van der Waals surface area contributed by atoms with Gasteiger partial charge in [-0.15, -0.1) is 11.7 Å². The molecule has 1 atom stereocenters. The van der Waals surface area contributed by atoms with Crippen LogP contribution in [0.25, 0.3) is 11.4 Å². The molecular weight excluding hydrogens is 328 g/mol. The number of ether oxygens (including phenoxy) is 2. The van der Waals surface area contributed by atoms with Crippen LogP contribution < -0.4 is 14.8 Å². The zero-order chi connectivity index (χ0) is 17.5. The Balaban J connectivity index is 2.13. The van der Waals surface area contributed by atoms with Crippen molar-refractivity contribution in [3.8, 4) is 22.9 Å². The molecule has 0 saturated heterocycles. The van der Waals surface area contributed by atoms with Crippen LogP contribution in [-0.2, 0) is 4.79 Å². The van der Waals surface area contributed by atoms with E-state index in [-0.39, 0.29) is 11.2 Å². The van der Waals surface area contributed by atoms with E-state index in [1.165, 1.54) is 11.8 Å². The van der Waals surface area contributed by atoms with E-state index >= 15 is 0 Å². The van der Waals surface area contributed by atoms with Crippen molar-refractivity contribution in [2.75, 3.05) is 20.8 Å². The fourth-order valence-corrected chi connectivity index (χ4v) is 2.69. The fraction of sp³-hybridized carbons (Fsp3) is 0.312. The van der Waals surface area contributed by atoms with Crippen LogP contribution in [0.1, 0.15) is 6.92 Å². The lowest BCUT2D eigenvalue weighted by atomic mass is 10.2. The van der Waals surface area contributed by atoms with E-state index in [2.05, 4.69) is 27.1 Å². The van der Waals surface area contributed by atoms with Gasteiger partial charge in [0.2, 0.25) is 11.1 Å². The molecule has 128 valence electrons. The highest BCUT2D eigenvalue weighted by molar-refractivity contribution is 8.00. The molecule has 1 aromatic heterocycles. The van der Waals surface area contributed by atoms with Gasteiger partial charge in [-0.25, -0.2) is 4.98 Å². The van der Waals surface area contributed by atoms with E-state index in [0.29, 0.717) is 29.0 Å². The van der Waals surface area contributed by atoms with E-state index in [4.69, 9.17) is 9.47 Å². The maximum absolute atomic E-state index is 11.9. The molecule has 24 heavy (non-hydrogen) atoms. The largest absolute Gasteiger partial charge is 0.497 e. The molecule has 1 aromatic carbocycles. The Bertz CT molecular complexity index is 717. The van der Waals surface area contributed by atoms with E-state index in [1.807, 2.05) is 12.1 Å². The van der Waals surface area contributed by atoms with Crippen molar-refractivity contribution in [2.45, 2.75) is 17.3 Å². The Morgan fingerprint density at radius 3 is 2.92 bits per heavy atom. The Kier molecular flexibility index (Phi) is 6.25. The quantitative estimate of drug-likeness (QED) is 0.562. The highest BCUT2D eigenvalue weighted by Gasteiger charge is 2.18. The van der Waals surface area contributed by atoms with Crippen molar-refractivity contribution in [1.82, 2.24) is 20.5 Å². The third-order valence-electron chi connectivity index (χ3n) is 3.20. The lowest BCUT2D eigenvalue weighted by Gasteiger charge is -2.08. The summed E-state index contributed by atoms with van der Waals surface area (Å²) in [7, 11) is 3.17. The SMILES string of the molecule is C=CCNC(=O)C(C)Sc1n[nH]c(-c2ccc(OC)cc2OC)n1. The van der Waals surface area contributed by atoms with E-state index in [9.17, 15) is 4.79 Å². The molecular formula is C16H20N4O3S. The number of H-pyrrole nitrogens is 1. The molecule has 1 unspecified atom stereocenters. The van der Waals surface area contributed by atoms with Crippen LogP contribution in [0.15, 0.2) is 36.0 Å². The zero-order valence-electron chi connectivity index (χ0n) is 13.8. The second-order valence-electron chi connectivity index (χ2n) is 4.83. The topological polar surface area (TPSA) is 89.1 Å². The number of carbonyl (C=O) groups is 1. The smallest absolute Gasteiger partial charge is 0.233 e. The lowest BCUT2D eigenvalue weighted by molar-refractivity contribution is -0.120. The van der Waals surface area contributed by atoms with Crippen LogP contribution in [-0.4, -0.2) is 47.1 Å². The van der Waals surface area contributed by atoms with E-state index in [0.717, 1.165) is 5.56 Å². The summed E-state index contributed by atoms with van der Waals surface area (Å²) in [4.78, 5) is 16.3. The summed E-state index contributed by atoms with van der Waals surface area (Å²) in [6.45, 7) is 5.80. The Morgan fingerprint density at radius 1 is 1.46 bits per heavy atom. The first-order valence-corrected chi connectivity index (χ1v) is 8.17. The third-order valence-corrected chi connectivity index (χ3v) is 4.16. The van der Waals surface area contributed by atoms with Gasteiger partial charge in [-0.05, 0) is 19.1 Å². The van der Waals surface area contributed by atoms with Crippen LogP contribution in [0.3, 0.4) is 0 Å². The van der Waals surface area contributed by atoms with Crippen molar-refractivity contribution >= 4 is 17.7 Å². The van der Waals surface area contributed by atoms with Crippen LogP contribution in [0, 0.1) is 0 Å². The molecule has 0 bridgehead atoms. The number of nitrogens with zero attached hydrogens (tertiary/aromatic N) is 2. The summed E-state index contributed by atoms with van der Waals surface area (Å²) in [6, 6.07) is 5.43. The molecule has 0 saturated carbocycles. The molecule has 0 fully saturated rings. The van der Waals surface area contributed by atoms with Crippen LogP contribution >= 0.6 is 11.8 Å². The third kappa shape index (κ3) is 4.29. The number of nitrogens with one attached hydrogen (secondary N) is 2. The minimum atomic E-state index is -0.314. The predicted octanol–water partition coefficient (Wildman–Crippen LogP) is 2.27. The molecule has 7 nitrogen and oxygen atoms in total.